The molecule has 3 aromatic rings. The number of imidazole rings is 1. The van der Waals surface area contributed by atoms with Crippen molar-refractivity contribution in [1.29, 1.82) is 0 Å². The lowest BCUT2D eigenvalue weighted by Crippen LogP contribution is -1.83. The third-order valence-corrected chi connectivity index (χ3v) is 3.10. The summed E-state index contributed by atoms with van der Waals surface area (Å²) < 4.78 is 15.5. The van der Waals surface area contributed by atoms with E-state index in [4.69, 9.17) is 0 Å². The average molecular weight is 292 g/mol. The van der Waals surface area contributed by atoms with E-state index in [9.17, 15) is 4.39 Å². The molecular weight excluding hydrogens is 285 g/mol. The van der Waals surface area contributed by atoms with E-state index >= 15 is 0 Å². The number of hydrogen-bond acceptors (Lipinski definition) is 2. The Morgan fingerprint density at radius 3 is 2.94 bits per heavy atom. The summed E-state index contributed by atoms with van der Waals surface area (Å²) in [4.78, 5) is 8.51. The monoisotopic (exact) mass is 291 g/mol. The summed E-state index contributed by atoms with van der Waals surface area (Å²) in [5, 5.41) is 0. The summed E-state index contributed by atoms with van der Waals surface area (Å²) in [5.41, 5.74) is 1.60. The van der Waals surface area contributed by atoms with E-state index in [0.717, 1.165) is 11.3 Å². The van der Waals surface area contributed by atoms with Crippen molar-refractivity contribution in [2.45, 2.75) is 0 Å². The first-order valence-electron chi connectivity index (χ1n) is 4.99. The highest BCUT2D eigenvalue weighted by Crippen LogP contribution is 2.27. The van der Waals surface area contributed by atoms with Crippen molar-refractivity contribution >= 4 is 21.7 Å². The smallest absolute Gasteiger partial charge is 0.234 e. The highest BCUT2D eigenvalue weighted by molar-refractivity contribution is 9.10. The van der Waals surface area contributed by atoms with Gasteiger partial charge in [0, 0.05) is 28.6 Å². The lowest BCUT2D eigenvalue weighted by atomic mass is 10.2. The number of nitrogens with zero attached hydrogens (tertiary/aromatic N) is 3. The van der Waals surface area contributed by atoms with Gasteiger partial charge in [0.15, 0.2) is 0 Å². The fourth-order valence-electron chi connectivity index (χ4n) is 1.66. The standard InChI is InChI=1S/C12H7BrFN3/c13-10-6-8(14)2-3-9(10)11-7-17-5-1-4-15-12(17)16-11/h1-7H. The predicted molar refractivity (Wildman–Crippen MR) is 66.1 cm³/mol. The van der Waals surface area contributed by atoms with Gasteiger partial charge in [0.05, 0.1) is 5.69 Å². The highest BCUT2D eigenvalue weighted by Gasteiger charge is 2.08. The molecule has 84 valence electrons. The molecule has 0 N–H and O–H groups in total. The van der Waals surface area contributed by atoms with Crippen LogP contribution in [0.2, 0.25) is 0 Å². The number of benzene rings is 1. The summed E-state index contributed by atoms with van der Waals surface area (Å²) in [6, 6.07) is 6.36. The SMILES string of the molecule is Fc1ccc(-c2cn3cccnc3n2)c(Br)c1. The van der Waals surface area contributed by atoms with Crippen LogP contribution in [-0.2, 0) is 0 Å². The molecule has 17 heavy (non-hydrogen) atoms. The Morgan fingerprint density at radius 1 is 1.29 bits per heavy atom. The number of rotatable bonds is 1. The number of fused-ring (bicyclic) bond motifs is 1. The molecule has 0 aliphatic carbocycles. The summed E-state index contributed by atoms with van der Waals surface area (Å²) in [7, 11) is 0. The molecule has 0 amide bonds. The van der Waals surface area contributed by atoms with Crippen molar-refractivity contribution < 1.29 is 4.39 Å². The Bertz CT molecular complexity index is 660. The highest BCUT2D eigenvalue weighted by atomic mass is 79.9. The Morgan fingerprint density at radius 2 is 2.18 bits per heavy atom. The lowest BCUT2D eigenvalue weighted by Gasteiger charge is -1.99. The van der Waals surface area contributed by atoms with Gasteiger partial charge in [-0.25, -0.2) is 14.4 Å². The largest absolute Gasteiger partial charge is 0.291 e. The second kappa shape index (κ2) is 3.92. The zero-order valence-electron chi connectivity index (χ0n) is 8.64. The van der Waals surface area contributed by atoms with Crippen LogP contribution in [0.5, 0.6) is 0 Å². The maximum Gasteiger partial charge on any atom is 0.234 e. The van der Waals surface area contributed by atoms with Crippen LogP contribution in [0.25, 0.3) is 17.0 Å². The molecule has 0 aliphatic heterocycles. The van der Waals surface area contributed by atoms with Crippen molar-refractivity contribution in [3.63, 3.8) is 0 Å². The van der Waals surface area contributed by atoms with Crippen LogP contribution in [0, 0.1) is 5.82 Å². The van der Waals surface area contributed by atoms with Crippen LogP contribution in [0.15, 0.2) is 47.3 Å². The summed E-state index contributed by atoms with van der Waals surface area (Å²) >= 11 is 3.33. The summed E-state index contributed by atoms with van der Waals surface area (Å²) in [6.07, 6.45) is 5.42. The van der Waals surface area contributed by atoms with E-state index < -0.39 is 0 Å². The van der Waals surface area contributed by atoms with Crippen LogP contribution in [0.1, 0.15) is 0 Å². The Balaban J connectivity index is 2.20. The van der Waals surface area contributed by atoms with Gasteiger partial charge in [-0.3, -0.25) is 4.40 Å². The minimum atomic E-state index is -0.275. The first kappa shape index (κ1) is 10.4. The molecule has 0 spiro atoms. The number of hydrogen-bond donors (Lipinski definition) is 0. The zero-order chi connectivity index (χ0) is 11.8. The first-order valence-corrected chi connectivity index (χ1v) is 5.78. The lowest BCUT2D eigenvalue weighted by molar-refractivity contribution is 0.627. The molecule has 0 fully saturated rings. The second-order valence-electron chi connectivity index (χ2n) is 3.58. The fourth-order valence-corrected chi connectivity index (χ4v) is 2.21. The van der Waals surface area contributed by atoms with Crippen LogP contribution in [0.3, 0.4) is 0 Å². The minimum Gasteiger partial charge on any atom is -0.291 e. The van der Waals surface area contributed by atoms with Gasteiger partial charge in [0.1, 0.15) is 5.82 Å². The van der Waals surface area contributed by atoms with Gasteiger partial charge in [-0.05, 0) is 40.2 Å². The van der Waals surface area contributed by atoms with Crippen molar-refractivity contribution in [2.24, 2.45) is 0 Å². The molecule has 5 heteroatoms. The van der Waals surface area contributed by atoms with Gasteiger partial charge >= 0.3 is 0 Å². The van der Waals surface area contributed by atoms with E-state index in [2.05, 4.69) is 25.9 Å². The molecule has 3 rings (SSSR count). The zero-order valence-corrected chi connectivity index (χ0v) is 10.2. The Kier molecular flexibility index (Phi) is 2.40. The molecule has 0 bridgehead atoms. The van der Waals surface area contributed by atoms with Gasteiger partial charge in [-0.15, -0.1) is 0 Å². The van der Waals surface area contributed by atoms with Crippen molar-refractivity contribution in [3.05, 3.63) is 53.1 Å². The van der Waals surface area contributed by atoms with Crippen LogP contribution >= 0.6 is 15.9 Å². The molecule has 2 heterocycles. The maximum absolute atomic E-state index is 13.0. The fraction of sp³-hybridized carbons (Fsp3) is 0. The van der Waals surface area contributed by atoms with Crippen molar-refractivity contribution in [2.75, 3.05) is 0 Å². The third kappa shape index (κ3) is 1.82. The van der Waals surface area contributed by atoms with E-state index in [-0.39, 0.29) is 5.82 Å². The van der Waals surface area contributed by atoms with Gasteiger partial charge in [0.2, 0.25) is 5.78 Å². The van der Waals surface area contributed by atoms with Crippen molar-refractivity contribution in [3.8, 4) is 11.3 Å². The summed E-state index contributed by atoms with van der Waals surface area (Å²) in [5.74, 6) is 0.348. The summed E-state index contributed by atoms with van der Waals surface area (Å²) in [6.45, 7) is 0. The van der Waals surface area contributed by atoms with E-state index in [1.807, 2.05) is 22.9 Å². The van der Waals surface area contributed by atoms with Crippen molar-refractivity contribution in [1.82, 2.24) is 14.4 Å². The molecule has 0 saturated carbocycles. The Labute approximate surface area is 105 Å². The normalized spacial score (nSPS) is 10.9. The third-order valence-electron chi connectivity index (χ3n) is 2.44. The molecule has 0 saturated heterocycles. The first-order chi connectivity index (χ1) is 8.24. The van der Waals surface area contributed by atoms with Gasteiger partial charge in [-0.2, -0.15) is 0 Å². The molecule has 2 aromatic heterocycles. The molecule has 0 aliphatic rings. The quantitative estimate of drug-likeness (QED) is 0.689. The van der Waals surface area contributed by atoms with Gasteiger partial charge in [-0.1, -0.05) is 0 Å². The van der Waals surface area contributed by atoms with Gasteiger partial charge in [0.25, 0.3) is 0 Å². The molecular formula is C12H7BrFN3. The molecule has 1 aromatic carbocycles. The average Bonchev–Trinajstić information content (AvgIpc) is 2.72. The van der Waals surface area contributed by atoms with Gasteiger partial charge < -0.3 is 0 Å². The van der Waals surface area contributed by atoms with E-state index in [1.165, 1.54) is 12.1 Å². The van der Waals surface area contributed by atoms with E-state index in [0.29, 0.717) is 10.3 Å². The number of aromatic nitrogens is 3. The van der Waals surface area contributed by atoms with E-state index in [1.54, 1.807) is 12.3 Å². The molecule has 0 atom stereocenters. The number of halogens is 2. The second-order valence-corrected chi connectivity index (χ2v) is 4.43. The minimum absolute atomic E-state index is 0.275. The molecule has 3 nitrogen and oxygen atoms in total. The molecule has 0 radical (unpaired) electrons. The molecule has 0 unspecified atom stereocenters. The van der Waals surface area contributed by atoms with Crippen LogP contribution < -0.4 is 0 Å². The van der Waals surface area contributed by atoms with Crippen LogP contribution in [0.4, 0.5) is 4.39 Å². The van der Waals surface area contributed by atoms with Crippen LogP contribution in [-0.4, -0.2) is 14.4 Å². The predicted octanol–water partition coefficient (Wildman–Crippen LogP) is 3.30. The topological polar surface area (TPSA) is 30.2 Å². The maximum atomic E-state index is 13.0. The Hall–Kier alpha value is -1.75.